The Balaban J connectivity index is 1.59. The van der Waals surface area contributed by atoms with Crippen LogP contribution in [0.4, 0.5) is 4.39 Å². The molecule has 0 saturated carbocycles. The minimum Gasteiger partial charge on any atom is -0.493 e. The SMILES string of the molecule is COc1ccc(CCn2cnc3c4cc(F)ccc4n(Cc4ccccc4C)c3c2=O)cc1OC. The van der Waals surface area contributed by atoms with Crippen LogP contribution in [0.25, 0.3) is 21.9 Å². The molecule has 0 N–H and O–H groups in total. The first kappa shape index (κ1) is 22.7. The zero-order valence-electron chi connectivity index (χ0n) is 19.9. The number of ether oxygens (including phenoxy) is 2. The minimum atomic E-state index is -0.355. The molecular weight excluding hydrogens is 445 g/mol. The number of nitrogens with zero attached hydrogens (tertiary/aromatic N) is 3. The second-order valence-corrected chi connectivity index (χ2v) is 8.55. The van der Waals surface area contributed by atoms with Crippen molar-refractivity contribution >= 4 is 21.9 Å². The van der Waals surface area contributed by atoms with Crippen LogP contribution >= 0.6 is 0 Å². The van der Waals surface area contributed by atoms with Crippen molar-refractivity contribution in [3.8, 4) is 11.5 Å². The molecule has 0 bridgehead atoms. The fourth-order valence-corrected chi connectivity index (χ4v) is 4.54. The van der Waals surface area contributed by atoms with Crippen LogP contribution in [-0.2, 0) is 19.5 Å². The molecule has 0 radical (unpaired) electrons. The zero-order chi connectivity index (χ0) is 24.5. The number of methoxy groups -OCH3 is 2. The highest BCUT2D eigenvalue weighted by atomic mass is 19.1. The van der Waals surface area contributed by atoms with Crippen molar-refractivity contribution in [2.45, 2.75) is 26.4 Å². The van der Waals surface area contributed by atoms with Gasteiger partial charge in [-0.05, 0) is 60.4 Å². The van der Waals surface area contributed by atoms with E-state index in [0.717, 1.165) is 22.2 Å². The molecule has 0 saturated heterocycles. The van der Waals surface area contributed by atoms with E-state index < -0.39 is 0 Å². The second-order valence-electron chi connectivity index (χ2n) is 8.55. The number of hydrogen-bond acceptors (Lipinski definition) is 4. The summed E-state index contributed by atoms with van der Waals surface area (Å²) in [5.74, 6) is 0.947. The molecular formula is C28H26FN3O3. The average molecular weight is 472 g/mol. The zero-order valence-corrected chi connectivity index (χ0v) is 19.9. The van der Waals surface area contributed by atoms with E-state index in [0.29, 0.717) is 47.4 Å². The fourth-order valence-electron chi connectivity index (χ4n) is 4.54. The average Bonchev–Trinajstić information content (AvgIpc) is 3.18. The predicted octanol–water partition coefficient (Wildman–Crippen LogP) is 5.11. The van der Waals surface area contributed by atoms with E-state index >= 15 is 0 Å². The molecule has 0 aliphatic carbocycles. The van der Waals surface area contributed by atoms with Gasteiger partial charge in [0.2, 0.25) is 0 Å². The van der Waals surface area contributed by atoms with Crippen molar-refractivity contribution in [2.24, 2.45) is 0 Å². The van der Waals surface area contributed by atoms with Crippen molar-refractivity contribution in [3.05, 3.63) is 99.9 Å². The maximum Gasteiger partial charge on any atom is 0.277 e. The molecule has 0 amide bonds. The van der Waals surface area contributed by atoms with E-state index in [9.17, 15) is 9.18 Å². The van der Waals surface area contributed by atoms with Crippen molar-refractivity contribution in [2.75, 3.05) is 14.2 Å². The number of aromatic nitrogens is 3. The fraction of sp³-hybridized carbons (Fsp3) is 0.214. The topological polar surface area (TPSA) is 58.3 Å². The number of rotatable bonds is 7. The maximum atomic E-state index is 14.1. The quantitative estimate of drug-likeness (QED) is 0.331. The van der Waals surface area contributed by atoms with Crippen LogP contribution in [0.2, 0.25) is 0 Å². The van der Waals surface area contributed by atoms with Gasteiger partial charge in [0.1, 0.15) is 16.9 Å². The van der Waals surface area contributed by atoms with Gasteiger partial charge in [0, 0.05) is 18.5 Å². The van der Waals surface area contributed by atoms with Gasteiger partial charge in [0.15, 0.2) is 11.5 Å². The molecule has 5 aromatic rings. The van der Waals surface area contributed by atoms with E-state index in [4.69, 9.17) is 9.47 Å². The van der Waals surface area contributed by atoms with Crippen molar-refractivity contribution in [3.63, 3.8) is 0 Å². The number of hydrogen-bond donors (Lipinski definition) is 0. The molecule has 5 rings (SSSR count). The van der Waals surface area contributed by atoms with Gasteiger partial charge in [-0.25, -0.2) is 9.37 Å². The third-order valence-electron chi connectivity index (χ3n) is 6.47. The Hall–Kier alpha value is -4.13. The second kappa shape index (κ2) is 9.25. The lowest BCUT2D eigenvalue weighted by Gasteiger charge is -2.12. The summed E-state index contributed by atoms with van der Waals surface area (Å²) in [5.41, 5.74) is 4.85. The summed E-state index contributed by atoms with van der Waals surface area (Å²) >= 11 is 0. The van der Waals surface area contributed by atoms with Crippen LogP contribution in [0.3, 0.4) is 0 Å². The van der Waals surface area contributed by atoms with Crippen LogP contribution in [-0.4, -0.2) is 28.3 Å². The molecule has 0 fully saturated rings. The molecule has 35 heavy (non-hydrogen) atoms. The molecule has 0 spiro atoms. The van der Waals surface area contributed by atoms with E-state index in [-0.39, 0.29) is 11.4 Å². The third kappa shape index (κ3) is 4.14. The normalized spacial score (nSPS) is 11.3. The summed E-state index contributed by atoms with van der Waals surface area (Å²) < 4.78 is 28.4. The first-order valence-corrected chi connectivity index (χ1v) is 11.4. The summed E-state index contributed by atoms with van der Waals surface area (Å²) in [4.78, 5) is 18.3. The number of benzene rings is 3. The highest BCUT2D eigenvalue weighted by Gasteiger charge is 2.18. The Kier molecular flexibility index (Phi) is 5.99. The van der Waals surface area contributed by atoms with E-state index in [2.05, 4.69) is 4.98 Å². The Morgan fingerprint density at radius 2 is 1.77 bits per heavy atom. The Morgan fingerprint density at radius 3 is 2.54 bits per heavy atom. The largest absolute Gasteiger partial charge is 0.493 e. The standard InChI is InChI=1S/C28H26FN3O3/c1-18-6-4-5-7-20(18)16-32-23-10-9-21(29)15-22(23)26-27(32)28(33)31(17-30-26)13-12-19-8-11-24(34-2)25(14-19)35-3/h4-11,14-15,17H,12-13,16H2,1-3H3. The van der Waals surface area contributed by atoms with Gasteiger partial charge in [0.05, 0.1) is 26.1 Å². The molecule has 6 nitrogen and oxygen atoms in total. The number of fused-ring (bicyclic) bond motifs is 3. The van der Waals surface area contributed by atoms with Crippen molar-refractivity contribution in [1.29, 1.82) is 0 Å². The Bertz CT molecular complexity index is 1600. The van der Waals surface area contributed by atoms with Crippen LogP contribution in [0, 0.1) is 12.7 Å². The van der Waals surface area contributed by atoms with Gasteiger partial charge in [-0.3, -0.25) is 9.36 Å². The van der Waals surface area contributed by atoms with Crippen LogP contribution in [0.15, 0.2) is 71.8 Å². The van der Waals surface area contributed by atoms with Crippen LogP contribution in [0.1, 0.15) is 16.7 Å². The first-order chi connectivity index (χ1) is 17.0. The lowest BCUT2D eigenvalue weighted by Crippen LogP contribution is -2.23. The molecule has 0 aliphatic heterocycles. The van der Waals surface area contributed by atoms with E-state index in [1.54, 1.807) is 31.2 Å². The number of aryl methyl sites for hydroxylation is 3. The summed E-state index contributed by atoms with van der Waals surface area (Å²) in [6, 6.07) is 18.4. The maximum absolute atomic E-state index is 14.1. The van der Waals surface area contributed by atoms with Gasteiger partial charge >= 0.3 is 0 Å². The van der Waals surface area contributed by atoms with Gasteiger partial charge in [0.25, 0.3) is 5.56 Å². The Morgan fingerprint density at radius 1 is 0.971 bits per heavy atom. The molecule has 178 valence electrons. The molecule has 0 aliphatic rings. The highest BCUT2D eigenvalue weighted by molar-refractivity contribution is 6.05. The van der Waals surface area contributed by atoms with Gasteiger partial charge < -0.3 is 14.0 Å². The van der Waals surface area contributed by atoms with E-state index in [1.807, 2.05) is 54.0 Å². The lowest BCUT2D eigenvalue weighted by molar-refractivity contribution is 0.354. The molecule has 7 heteroatoms. The molecule has 0 unspecified atom stereocenters. The minimum absolute atomic E-state index is 0.152. The molecule has 0 atom stereocenters. The third-order valence-corrected chi connectivity index (χ3v) is 6.47. The molecule has 2 aromatic heterocycles. The Labute approximate surface area is 202 Å². The molecule has 2 heterocycles. The number of halogens is 1. The smallest absolute Gasteiger partial charge is 0.277 e. The monoisotopic (exact) mass is 471 g/mol. The first-order valence-electron chi connectivity index (χ1n) is 11.4. The summed E-state index contributed by atoms with van der Waals surface area (Å²) in [7, 11) is 3.19. The summed E-state index contributed by atoms with van der Waals surface area (Å²) in [5, 5.41) is 0.637. The molecule has 3 aromatic carbocycles. The lowest BCUT2D eigenvalue weighted by atomic mass is 10.1. The van der Waals surface area contributed by atoms with Gasteiger partial charge in [-0.2, -0.15) is 0 Å². The van der Waals surface area contributed by atoms with Crippen molar-refractivity contribution < 1.29 is 13.9 Å². The highest BCUT2D eigenvalue weighted by Crippen LogP contribution is 2.29. The van der Waals surface area contributed by atoms with Gasteiger partial charge in [-0.1, -0.05) is 30.3 Å². The predicted molar refractivity (Wildman–Crippen MR) is 135 cm³/mol. The van der Waals surface area contributed by atoms with Crippen LogP contribution in [0.5, 0.6) is 11.5 Å². The van der Waals surface area contributed by atoms with E-state index in [1.165, 1.54) is 12.1 Å². The summed E-state index contributed by atoms with van der Waals surface area (Å²) in [6.07, 6.45) is 2.16. The summed E-state index contributed by atoms with van der Waals surface area (Å²) in [6.45, 7) is 2.98. The van der Waals surface area contributed by atoms with Crippen LogP contribution < -0.4 is 15.0 Å². The van der Waals surface area contributed by atoms with Gasteiger partial charge in [-0.15, -0.1) is 0 Å². The van der Waals surface area contributed by atoms with Crippen molar-refractivity contribution in [1.82, 2.24) is 14.1 Å².